The lowest BCUT2D eigenvalue weighted by molar-refractivity contribution is -0.138. The minimum Gasteiger partial charge on any atom is -0.435 e. The number of alkyl halides is 6. The van der Waals surface area contributed by atoms with Crippen molar-refractivity contribution in [1.29, 1.82) is 0 Å². The number of benzene rings is 1. The Labute approximate surface area is 110 Å². The van der Waals surface area contributed by atoms with Gasteiger partial charge in [-0.05, 0) is 30.7 Å². The molecule has 2 nitrogen and oxygen atoms in total. The van der Waals surface area contributed by atoms with Crippen LogP contribution in [-0.2, 0) is 11.0 Å². The molecule has 0 bridgehead atoms. The Morgan fingerprint density at radius 2 is 1.89 bits per heavy atom. The molecule has 1 aromatic carbocycles. The summed E-state index contributed by atoms with van der Waals surface area (Å²) in [5, 5.41) is -1.59. The lowest BCUT2D eigenvalue weighted by Gasteiger charge is -2.16. The van der Waals surface area contributed by atoms with Crippen molar-refractivity contribution in [3.63, 3.8) is 0 Å². The van der Waals surface area contributed by atoms with Crippen molar-refractivity contribution in [2.45, 2.75) is 25.1 Å². The number of rotatable bonds is 4. The maximum absolute atomic E-state index is 12.7. The largest absolute Gasteiger partial charge is 0.435 e. The highest BCUT2D eigenvalue weighted by atomic mass is 35.5. The van der Waals surface area contributed by atoms with Gasteiger partial charge in [-0.2, -0.15) is 22.0 Å². The smallest absolute Gasteiger partial charge is 0.416 e. The first kappa shape index (κ1) is 15.7. The molecule has 0 N–H and O–H groups in total. The van der Waals surface area contributed by atoms with E-state index in [2.05, 4.69) is 4.74 Å². The normalized spacial score (nSPS) is 13.5. The highest BCUT2D eigenvalue weighted by Crippen LogP contribution is 2.38. The van der Waals surface area contributed by atoms with Crippen LogP contribution in [-0.4, -0.2) is 12.4 Å². The summed E-state index contributed by atoms with van der Waals surface area (Å²) >= 11 is 5.57. The van der Waals surface area contributed by atoms with E-state index in [1.807, 2.05) is 0 Å². The average Bonchev–Trinajstić information content (AvgIpc) is 2.25. The van der Waals surface area contributed by atoms with Crippen LogP contribution in [0.1, 0.15) is 23.4 Å². The van der Waals surface area contributed by atoms with E-state index in [-0.39, 0.29) is 0 Å². The molecule has 0 saturated heterocycles. The fourth-order valence-corrected chi connectivity index (χ4v) is 1.58. The van der Waals surface area contributed by atoms with Crippen molar-refractivity contribution < 1.29 is 31.5 Å². The quantitative estimate of drug-likeness (QED) is 0.616. The third-order valence-electron chi connectivity index (χ3n) is 2.18. The van der Waals surface area contributed by atoms with Gasteiger partial charge in [-0.15, -0.1) is 11.6 Å². The van der Waals surface area contributed by atoms with Crippen LogP contribution in [0.2, 0.25) is 0 Å². The van der Waals surface area contributed by atoms with E-state index in [9.17, 15) is 26.7 Å². The van der Waals surface area contributed by atoms with E-state index >= 15 is 0 Å². The molecule has 0 amide bonds. The van der Waals surface area contributed by atoms with Crippen LogP contribution in [0.25, 0.3) is 0 Å². The molecule has 8 heteroatoms. The second-order valence-corrected chi connectivity index (χ2v) is 4.03. The van der Waals surface area contributed by atoms with E-state index in [4.69, 9.17) is 11.6 Å². The van der Waals surface area contributed by atoms with Gasteiger partial charge in [0.05, 0.1) is 5.56 Å². The molecule has 0 saturated carbocycles. The van der Waals surface area contributed by atoms with E-state index in [0.29, 0.717) is 12.1 Å². The first-order valence-electron chi connectivity index (χ1n) is 4.93. The zero-order valence-corrected chi connectivity index (χ0v) is 10.2. The molecule has 0 heterocycles. The zero-order chi connectivity index (χ0) is 14.8. The second kappa shape index (κ2) is 5.73. The number of hydrogen-bond acceptors (Lipinski definition) is 2. The molecule has 0 aliphatic rings. The van der Waals surface area contributed by atoms with Crippen molar-refractivity contribution in [2.24, 2.45) is 0 Å². The van der Waals surface area contributed by atoms with Gasteiger partial charge < -0.3 is 4.74 Å². The molecule has 0 aromatic heterocycles. The van der Waals surface area contributed by atoms with Crippen LogP contribution < -0.4 is 4.74 Å². The summed E-state index contributed by atoms with van der Waals surface area (Å²) in [6.45, 7) is -2.19. The Bertz CT molecular complexity index is 473. The minimum absolute atomic E-state index is 0.495. The molecule has 1 unspecified atom stereocenters. The fraction of sp³-hybridized carbons (Fsp3) is 0.364. The Balaban J connectivity index is 3.30. The lowest BCUT2D eigenvalue weighted by Crippen LogP contribution is -2.14. The fourth-order valence-electron chi connectivity index (χ4n) is 1.40. The van der Waals surface area contributed by atoms with Crippen molar-refractivity contribution in [1.82, 2.24) is 0 Å². The average molecular weight is 303 g/mol. The predicted octanol–water partition coefficient (Wildman–Crippen LogP) is 4.18. The maximum Gasteiger partial charge on any atom is 0.416 e. The highest BCUT2D eigenvalue weighted by molar-refractivity contribution is 6.30. The molecule has 0 fully saturated rings. The number of Topliss-reactive ketones (excluding diaryl/α,β-unsaturated/α-hetero) is 1. The molecular formula is C11H8ClF5O2. The molecule has 106 valence electrons. The van der Waals surface area contributed by atoms with Crippen LogP contribution >= 0.6 is 11.6 Å². The van der Waals surface area contributed by atoms with Crippen LogP contribution in [0.4, 0.5) is 22.0 Å². The molecular weight excluding hydrogens is 295 g/mol. The summed E-state index contributed by atoms with van der Waals surface area (Å²) in [6.07, 6.45) is -4.75. The number of carbonyl (C=O) groups is 1. The first-order chi connectivity index (χ1) is 8.62. The zero-order valence-electron chi connectivity index (χ0n) is 9.47. The SMILES string of the molecule is CC(=O)C(Cl)c1cc(OC(F)F)ccc1C(F)(F)F. The molecule has 0 radical (unpaired) electrons. The van der Waals surface area contributed by atoms with Gasteiger partial charge in [0.2, 0.25) is 0 Å². The summed E-state index contributed by atoms with van der Waals surface area (Å²) in [4.78, 5) is 11.1. The molecule has 1 aromatic rings. The van der Waals surface area contributed by atoms with Gasteiger partial charge in [0.1, 0.15) is 11.1 Å². The lowest BCUT2D eigenvalue weighted by atomic mass is 10.0. The number of ether oxygens (including phenoxy) is 1. The molecule has 1 atom stereocenters. The third kappa shape index (κ3) is 4.05. The Kier molecular flexibility index (Phi) is 4.73. The molecule has 1 rings (SSSR count). The van der Waals surface area contributed by atoms with Gasteiger partial charge >= 0.3 is 12.8 Å². The number of ketones is 1. The second-order valence-electron chi connectivity index (χ2n) is 3.60. The van der Waals surface area contributed by atoms with Gasteiger partial charge in [0, 0.05) is 0 Å². The molecule has 0 aliphatic heterocycles. The van der Waals surface area contributed by atoms with E-state index in [1.165, 1.54) is 0 Å². The standard InChI is InChI=1S/C11H8ClF5O2/c1-5(18)9(12)7-4-6(19-10(13)14)2-3-8(7)11(15,16)17/h2-4,9-10H,1H3. The van der Waals surface area contributed by atoms with E-state index < -0.39 is 40.8 Å². The van der Waals surface area contributed by atoms with Crippen LogP contribution in [0, 0.1) is 0 Å². The van der Waals surface area contributed by atoms with Crippen molar-refractivity contribution in [3.05, 3.63) is 29.3 Å². The Hall–Kier alpha value is -1.37. The third-order valence-corrected chi connectivity index (χ3v) is 2.73. The molecule has 0 aliphatic carbocycles. The highest BCUT2D eigenvalue weighted by Gasteiger charge is 2.36. The Morgan fingerprint density at radius 1 is 1.32 bits per heavy atom. The van der Waals surface area contributed by atoms with Gasteiger partial charge in [-0.25, -0.2) is 0 Å². The topological polar surface area (TPSA) is 26.3 Å². The summed E-state index contributed by atoms with van der Waals surface area (Å²) < 4.78 is 66.1. The van der Waals surface area contributed by atoms with Crippen LogP contribution in [0.5, 0.6) is 5.75 Å². The Morgan fingerprint density at radius 3 is 2.32 bits per heavy atom. The molecule has 0 spiro atoms. The van der Waals surface area contributed by atoms with Crippen molar-refractivity contribution >= 4 is 17.4 Å². The van der Waals surface area contributed by atoms with E-state index in [0.717, 1.165) is 13.0 Å². The summed E-state index contributed by atoms with van der Waals surface area (Å²) in [7, 11) is 0. The predicted molar refractivity (Wildman–Crippen MR) is 57.4 cm³/mol. The van der Waals surface area contributed by atoms with Crippen molar-refractivity contribution in [3.8, 4) is 5.75 Å². The summed E-state index contributed by atoms with van der Waals surface area (Å²) in [5.74, 6) is -1.23. The van der Waals surface area contributed by atoms with Crippen LogP contribution in [0.15, 0.2) is 18.2 Å². The first-order valence-corrected chi connectivity index (χ1v) is 5.37. The van der Waals surface area contributed by atoms with Gasteiger partial charge in [-0.3, -0.25) is 4.79 Å². The summed E-state index contributed by atoms with van der Waals surface area (Å²) in [5.41, 5.74) is -1.77. The number of carbonyl (C=O) groups excluding carboxylic acids is 1. The van der Waals surface area contributed by atoms with Crippen LogP contribution in [0.3, 0.4) is 0 Å². The van der Waals surface area contributed by atoms with Crippen molar-refractivity contribution in [2.75, 3.05) is 0 Å². The van der Waals surface area contributed by atoms with Gasteiger partial charge in [0.15, 0.2) is 5.78 Å². The molecule has 19 heavy (non-hydrogen) atoms. The minimum atomic E-state index is -4.75. The van der Waals surface area contributed by atoms with E-state index in [1.54, 1.807) is 0 Å². The number of halogens is 6. The van der Waals surface area contributed by atoms with Gasteiger partial charge in [-0.1, -0.05) is 0 Å². The maximum atomic E-state index is 12.7. The van der Waals surface area contributed by atoms with Gasteiger partial charge in [0.25, 0.3) is 0 Å². The monoisotopic (exact) mass is 302 g/mol. The number of hydrogen-bond donors (Lipinski definition) is 0. The summed E-state index contributed by atoms with van der Waals surface area (Å²) in [6, 6.07) is 1.97.